The van der Waals surface area contributed by atoms with E-state index in [1.807, 2.05) is 13.8 Å². The number of hydrogen-bond donors (Lipinski definition) is 0. The molecule has 1 aromatic carbocycles. The molecule has 0 bridgehead atoms. The minimum absolute atomic E-state index is 0.107. The van der Waals surface area contributed by atoms with Gasteiger partial charge in [-0.1, -0.05) is 19.9 Å². The Morgan fingerprint density at radius 2 is 1.96 bits per heavy atom. The molecule has 0 N–H and O–H groups in total. The highest BCUT2D eigenvalue weighted by atomic mass is 19.1. The summed E-state index contributed by atoms with van der Waals surface area (Å²) in [5.74, 6) is -0.309. The van der Waals surface area contributed by atoms with Gasteiger partial charge in [-0.2, -0.15) is 0 Å². The van der Waals surface area contributed by atoms with Crippen molar-refractivity contribution in [2.45, 2.75) is 60.0 Å². The van der Waals surface area contributed by atoms with Crippen LogP contribution < -0.4 is 5.46 Å². The summed E-state index contributed by atoms with van der Waals surface area (Å²) < 4.78 is 36.8. The van der Waals surface area contributed by atoms with Gasteiger partial charge in [-0.15, -0.1) is 0 Å². The summed E-state index contributed by atoms with van der Waals surface area (Å²) in [5, 5.41) is 0. The summed E-state index contributed by atoms with van der Waals surface area (Å²) in [4.78, 5) is 0. The minimum Gasteiger partial charge on any atom is -0.407 e. The Hall–Kier alpha value is -0.945. The second kappa shape index (κ2) is 7.52. The lowest BCUT2D eigenvalue weighted by Crippen LogP contribution is -2.58. The van der Waals surface area contributed by atoms with Crippen LogP contribution >= 0.6 is 0 Å². The van der Waals surface area contributed by atoms with E-state index < -0.39 is 7.12 Å². The van der Waals surface area contributed by atoms with E-state index in [1.165, 1.54) is 12.1 Å². The molecule has 24 heavy (non-hydrogen) atoms. The van der Waals surface area contributed by atoms with Gasteiger partial charge in [0.05, 0.1) is 12.2 Å². The molecule has 0 saturated carbocycles. The SMILES string of the molecule is CCOC(C)OCc1cc(F)ccc1B1OCC(C)(C)C(C)(C)O1. The van der Waals surface area contributed by atoms with E-state index in [0.29, 0.717) is 18.8 Å². The second-order valence-corrected chi connectivity index (χ2v) is 7.33. The Morgan fingerprint density at radius 3 is 2.58 bits per heavy atom. The lowest BCUT2D eigenvalue weighted by atomic mass is 9.68. The normalized spacial score (nSPS) is 20.9. The van der Waals surface area contributed by atoms with E-state index in [1.54, 1.807) is 6.07 Å². The summed E-state index contributed by atoms with van der Waals surface area (Å²) in [7, 11) is -0.533. The van der Waals surface area contributed by atoms with Gasteiger partial charge in [-0.25, -0.2) is 4.39 Å². The van der Waals surface area contributed by atoms with Gasteiger partial charge in [0.2, 0.25) is 0 Å². The molecule has 4 nitrogen and oxygen atoms in total. The third-order valence-corrected chi connectivity index (χ3v) is 4.86. The number of hydrogen-bond acceptors (Lipinski definition) is 4. The molecule has 0 radical (unpaired) electrons. The molecule has 0 amide bonds. The standard InChI is InChI=1S/C18H28BFO4/c1-7-21-13(2)22-11-14-10-15(20)8-9-16(14)19-23-12-17(3,4)18(5,6)24-19/h8-10,13H,7,11-12H2,1-6H3. The predicted octanol–water partition coefficient (Wildman–Crippen LogP) is 3.27. The highest BCUT2D eigenvalue weighted by molar-refractivity contribution is 6.62. The van der Waals surface area contributed by atoms with Crippen LogP contribution in [0.25, 0.3) is 0 Å². The van der Waals surface area contributed by atoms with Gasteiger partial charge in [-0.05, 0) is 50.9 Å². The Balaban J connectivity index is 2.18. The Bertz CT molecular complexity index is 562. The zero-order chi connectivity index (χ0) is 18.0. The van der Waals surface area contributed by atoms with Gasteiger partial charge in [0.25, 0.3) is 0 Å². The quantitative estimate of drug-likeness (QED) is 0.589. The molecule has 1 heterocycles. The van der Waals surface area contributed by atoms with Gasteiger partial charge >= 0.3 is 7.12 Å². The molecule has 1 saturated heterocycles. The molecule has 1 aliphatic rings. The van der Waals surface area contributed by atoms with Crippen molar-refractivity contribution >= 4 is 12.6 Å². The van der Waals surface area contributed by atoms with Gasteiger partial charge in [0.15, 0.2) is 6.29 Å². The molecule has 0 aromatic heterocycles. The van der Waals surface area contributed by atoms with Gasteiger partial charge in [0.1, 0.15) is 5.82 Å². The minimum atomic E-state index is -0.533. The van der Waals surface area contributed by atoms with Crippen molar-refractivity contribution in [3.8, 4) is 0 Å². The number of ether oxygens (including phenoxy) is 2. The van der Waals surface area contributed by atoms with E-state index in [9.17, 15) is 4.39 Å². The average molecular weight is 338 g/mol. The first kappa shape index (κ1) is 19.4. The molecular weight excluding hydrogens is 310 g/mol. The van der Waals surface area contributed by atoms with Gasteiger partial charge in [0, 0.05) is 18.6 Å². The number of rotatable bonds is 6. The van der Waals surface area contributed by atoms with Crippen LogP contribution in [0.2, 0.25) is 0 Å². The first-order valence-electron chi connectivity index (χ1n) is 8.47. The Labute approximate surface area is 144 Å². The largest absolute Gasteiger partial charge is 0.494 e. The predicted molar refractivity (Wildman–Crippen MR) is 92.6 cm³/mol. The molecule has 1 fully saturated rings. The number of benzene rings is 1. The zero-order valence-corrected chi connectivity index (χ0v) is 15.5. The second-order valence-electron chi connectivity index (χ2n) is 7.33. The van der Waals surface area contributed by atoms with Crippen LogP contribution in [0.4, 0.5) is 4.39 Å². The van der Waals surface area contributed by atoms with Crippen molar-refractivity contribution in [1.82, 2.24) is 0 Å². The van der Waals surface area contributed by atoms with Crippen LogP contribution in [0.5, 0.6) is 0 Å². The fraction of sp³-hybridized carbons (Fsp3) is 0.667. The maximum atomic E-state index is 13.7. The lowest BCUT2D eigenvalue weighted by molar-refractivity contribution is -0.134. The fourth-order valence-electron chi connectivity index (χ4n) is 2.49. The van der Waals surface area contributed by atoms with E-state index in [4.69, 9.17) is 18.8 Å². The fourth-order valence-corrected chi connectivity index (χ4v) is 2.49. The van der Waals surface area contributed by atoms with Crippen LogP contribution in [0, 0.1) is 11.2 Å². The highest BCUT2D eigenvalue weighted by Crippen LogP contribution is 2.38. The molecule has 6 heteroatoms. The molecule has 1 aromatic rings. The van der Waals surface area contributed by atoms with E-state index in [2.05, 4.69) is 27.7 Å². The molecule has 0 aliphatic carbocycles. The van der Waals surface area contributed by atoms with Crippen molar-refractivity contribution in [2.24, 2.45) is 5.41 Å². The summed E-state index contributed by atoms with van der Waals surface area (Å²) in [6.45, 7) is 13.4. The first-order valence-corrected chi connectivity index (χ1v) is 8.47. The van der Waals surface area contributed by atoms with E-state index in [0.717, 1.165) is 5.46 Å². The molecule has 134 valence electrons. The summed E-state index contributed by atoms with van der Waals surface area (Å²) in [6, 6.07) is 4.59. The Morgan fingerprint density at radius 1 is 1.25 bits per heavy atom. The van der Waals surface area contributed by atoms with Crippen molar-refractivity contribution in [3.05, 3.63) is 29.6 Å². The van der Waals surface area contributed by atoms with Crippen molar-refractivity contribution in [2.75, 3.05) is 13.2 Å². The highest BCUT2D eigenvalue weighted by Gasteiger charge is 2.47. The van der Waals surface area contributed by atoms with Crippen molar-refractivity contribution < 1.29 is 23.2 Å². The number of halogens is 1. The smallest absolute Gasteiger partial charge is 0.407 e. The maximum Gasteiger partial charge on any atom is 0.494 e. The summed E-state index contributed by atoms with van der Waals surface area (Å²) in [5.41, 5.74) is 1.04. The topological polar surface area (TPSA) is 36.9 Å². The van der Waals surface area contributed by atoms with Crippen molar-refractivity contribution in [3.63, 3.8) is 0 Å². The van der Waals surface area contributed by atoms with E-state index >= 15 is 0 Å². The van der Waals surface area contributed by atoms with Crippen molar-refractivity contribution in [1.29, 1.82) is 0 Å². The molecule has 1 atom stereocenters. The van der Waals surface area contributed by atoms with Crippen LogP contribution in [0.15, 0.2) is 18.2 Å². The average Bonchev–Trinajstić information content (AvgIpc) is 2.49. The van der Waals surface area contributed by atoms with Crippen LogP contribution in [-0.4, -0.2) is 32.2 Å². The first-order chi connectivity index (χ1) is 11.2. The van der Waals surface area contributed by atoms with E-state index in [-0.39, 0.29) is 29.7 Å². The molecule has 1 aliphatic heterocycles. The van der Waals surface area contributed by atoms with Crippen LogP contribution in [0.3, 0.4) is 0 Å². The third kappa shape index (κ3) is 4.36. The summed E-state index contributed by atoms with van der Waals surface area (Å²) in [6.07, 6.45) is -0.352. The van der Waals surface area contributed by atoms with Gasteiger partial charge < -0.3 is 18.8 Å². The maximum absolute atomic E-state index is 13.7. The summed E-state index contributed by atoms with van der Waals surface area (Å²) >= 11 is 0. The monoisotopic (exact) mass is 338 g/mol. The Kier molecular flexibility index (Phi) is 6.07. The molecular formula is C18H28BFO4. The zero-order valence-electron chi connectivity index (χ0n) is 15.5. The molecule has 2 rings (SSSR count). The third-order valence-electron chi connectivity index (χ3n) is 4.86. The molecule has 0 spiro atoms. The lowest BCUT2D eigenvalue weighted by Gasteiger charge is -2.47. The van der Waals surface area contributed by atoms with Crippen LogP contribution in [0.1, 0.15) is 47.1 Å². The van der Waals surface area contributed by atoms with Gasteiger partial charge in [-0.3, -0.25) is 0 Å². The molecule has 1 unspecified atom stereocenters. The van der Waals surface area contributed by atoms with Crippen LogP contribution in [-0.2, 0) is 25.4 Å².